The van der Waals surface area contributed by atoms with Crippen molar-refractivity contribution < 1.29 is 27.5 Å². The fraction of sp³-hybridized carbons (Fsp3) is 0.818. The molecular formula is C11H17F3N2O3. The lowest BCUT2D eigenvalue weighted by atomic mass is 9.96. The Balaban J connectivity index is 2.08. The molecule has 110 valence electrons. The molecular weight excluding hydrogens is 265 g/mol. The lowest BCUT2D eigenvalue weighted by Crippen LogP contribution is -2.41. The molecule has 0 aromatic heterocycles. The van der Waals surface area contributed by atoms with E-state index in [1.54, 1.807) is 5.32 Å². The van der Waals surface area contributed by atoms with E-state index in [1.165, 1.54) is 0 Å². The third-order valence-corrected chi connectivity index (χ3v) is 2.81. The number of halogens is 3. The molecule has 5 nitrogen and oxygen atoms in total. The molecule has 0 radical (unpaired) electrons. The average molecular weight is 282 g/mol. The number of rotatable bonds is 5. The van der Waals surface area contributed by atoms with Crippen LogP contribution in [0.4, 0.5) is 13.2 Å². The van der Waals surface area contributed by atoms with E-state index >= 15 is 0 Å². The van der Waals surface area contributed by atoms with Gasteiger partial charge in [-0.1, -0.05) is 0 Å². The van der Waals surface area contributed by atoms with Gasteiger partial charge >= 0.3 is 12.1 Å². The molecule has 1 saturated heterocycles. The molecule has 1 aliphatic heterocycles. The number of hydrogen-bond acceptors (Lipinski definition) is 3. The molecule has 1 heterocycles. The van der Waals surface area contributed by atoms with Crippen molar-refractivity contribution in [1.29, 1.82) is 0 Å². The van der Waals surface area contributed by atoms with Gasteiger partial charge in [0.25, 0.3) is 0 Å². The maximum atomic E-state index is 11.8. The molecule has 0 aromatic carbocycles. The summed E-state index contributed by atoms with van der Waals surface area (Å²) in [5.41, 5.74) is 0. The van der Waals surface area contributed by atoms with E-state index in [0.29, 0.717) is 19.6 Å². The third kappa shape index (κ3) is 6.42. The minimum absolute atomic E-state index is 0.0100. The average Bonchev–Trinajstić information content (AvgIpc) is 2.34. The minimum Gasteiger partial charge on any atom is -0.381 e. The lowest BCUT2D eigenvalue weighted by Gasteiger charge is -2.21. The van der Waals surface area contributed by atoms with Crippen LogP contribution >= 0.6 is 0 Å². The maximum absolute atomic E-state index is 11.8. The normalized spacial score (nSPS) is 17.0. The highest BCUT2D eigenvalue weighted by molar-refractivity contribution is 5.81. The van der Waals surface area contributed by atoms with Crippen molar-refractivity contribution in [2.45, 2.75) is 25.4 Å². The lowest BCUT2D eigenvalue weighted by molar-refractivity contribution is -0.173. The predicted octanol–water partition coefficient (Wildman–Crippen LogP) is 0.598. The van der Waals surface area contributed by atoms with Crippen LogP contribution in [0.5, 0.6) is 0 Å². The Morgan fingerprint density at radius 2 is 1.68 bits per heavy atom. The summed E-state index contributed by atoms with van der Waals surface area (Å²) in [7, 11) is 0. The van der Waals surface area contributed by atoms with E-state index in [2.05, 4.69) is 5.32 Å². The van der Waals surface area contributed by atoms with Gasteiger partial charge < -0.3 is 15.4 Å². The molecule has 0 unspecified atom stereocenters. The number of hydrogen-bond donors (Lipinski definition) is 2. The minimum atomic E-state index is -4.88. The number of carbonyl (C=O) groups excluding carboxylic acids is 2. The summed E-state index contributed by atoms with van der Waals surface area (Å²) in [6.45, 7) is 1.03. The standard InChI is InChI=1S/C11H17F3N2O3/c12-11(13,14)10(18)16-4-3-15-9(17)7-8-1-5-19-6-2-8/h8H,1-7H2,(H,15,17)(H,16,18). The van der Waals surface area contributed by atoms with Crippen LogP contribution in [0.25, 0.3) is 0 Å². The summed E-state index contributed by atoms with van der Waals surface area (Å²) in [6.07, 6.45) is -2.90. The Kier molecular flexibility index (Phi) is 6.07. The van der Waals surface area contributed by atoms with Crippen LogP contribution in [0.3, 0.4) is 0 Å². The van der Waals surface area contributed by atoms with Gasteiger partial charge in [-0.2, -0.15) is 13.2 Å². The summed E-state index contributed by atoms with van der Waals surface area (Å²) < 4.78 is 40.7. The van der Waals surface area contributed by atoms with Crippen molar-refractivity contribution in [1.82, 2.24) is 10.6 Å². The van der Waals surface area contributed by atoms with Crippen LogP contribution < -0.4 is 10.6 Å². The summed E-state index contributed by atoms with van der Waals surface area (Å²) >= 11 is 0. The molecule has 1 fully saturated rings. The highest BCUT2D eigenvalue weighted by atomic mass is 19.4. The van der Waals surface area contributed by atoms with Gasteiger partial charge in [-0.15, -0.1) is 0 Å². The number of carbonyl (C=O) groups is 2. The smallest absolute Gasteiger partial charge is 0.381 e. The van der Waals surface area contributed by atoms with Crippen molar-refractivity contribution in [3.8, 4) is 0 Å². The number of amides is 2. The highest BCUT2D eigenvalue weighted by Crippen LogP contribution is 2.17. The molecule has 0 atom stereocenters. The van der Waals surface area contributed by atoms with Crippen molar-refractivity contribution in [3.05, 3.63) is 0 Å². The first-order valence-electron chi connectivity index (χ1n) is 6.09. The number of alkyl halides is 3. The van der Waals surface area contributed by atoms with E-state index in [-0.39, 0.29) is 24.9 Å². The topological polar surface area (TPSA) is 67.4 Å². The zero-order valence-electron chi connectivity index (χ0n) is 10.4. The Bertz CT molecular complexity index is 315. The number of ether oxygens (including phenoxy) is 1. The van der Waals surface area contributed by atoms with E-state index in [9.17, 15) is 22.8 Å². The molecule has 2 N–H and O–H groups in total. The predicted molar refractivity (Wildman–Crippen MR) is 60.2 cm³/mol. The molecule has 1 rings (SSSR count). The largest absolute Gasteiger partial charge is 0.471 e. The monoisotopic (exact) mass is 282 g/mol. The van der Waals surface area contributed by atoms with E-state index < -0.39 is 12.1 Å². The van der Waals surface area contributed by atoms with Gasteiger partial charge in [0.05, 0.1) is 0 Å². The van der Waals surface area contributed by atoms with Gasteiger partial charge in [-0.25, -0.2) is 0 Å². The first kappa shape index (κ1) is 15.7. The Morgan fingerprint density at radius 3 is 2.26 bits per heavy atom. The van der Waals surface area contributed by atoms with E-state index in [4.69, 9.17) is 4.74 Å². The van der Waals surface area contributed by atoms with Gasteiger partial charge in [0.2, 0.25) is 5.91 Å². The molecule has 0 spiro atoms. The summed E-state index contributed by atoms with van der Waals surface area (Å²) in [6, 6.07) is 0. The van der Waals surface area contributed by atoms with Crippen molar-refractivity contribution in [2.24, 2.45) is 5.92 Å². The molecule has 0 bridgehead atoms. The van der Waals surface area contributed by atoms with E-state index in [1.807, 2.05) is 0 Å². The maximum Gasteiger partial charge on any atom is 0.471 e. The third-order valence-electron chi connectivity index (χ3n) is 2.81. The van der Waals surface area contributed by atoms with Crippen LogP contribution in [0.1, 0.15) is 19.3 Å². The second-order valence-electron chi connectivity index (χ2n) is 4.36. The Hall–Kier alpha value is -1.31. The Labute approximate surface area is 108 Å². The molecule has 2 amide bonds. The second kappa shape index (κ2) is 7.32. The zero-order valence-corrected chi connectivity index (χ0v) is 10.4. The molecule has 0 aliphatic carbocycles. The van der Waals surface area contributed by atoms with Gasteiger partial charge in [-0.3, -0.25) is 9.59 Å². The van der Waals surface area contributed by atoms with Crippen LogP contribution in [0, 0.1) is 5.92 Å². The van der Waals surface area contributed by atoms with Crippen LogP contribution in [-0.2, 0) is 14.3 Å². The molecule has 0 aromatic rings. The van der Waals surface area contributed by atoms with E-state index in [0.717, 1.165) is 12.8 Å². The van der Waals surface area contributed by atoms with Crippen LogP contribution in [0.15, 0.2) is 0 Å². The molecule has 0 saturated carbocycles. The van der Waals surface area contributed by atoms with Gasteiger partial charge in [0.15, 0.2) is 0 Å². The molecule has 1 aliphatic rings. The van der Waals surface area contributed by atoms with Crippen LogP contribution in [0.2, 0.25) is 0 Å². The fourth-order valence-corrected chi connectivity index (χ4v) is 1.76. The fourth-order valence-electron chi connectivity index (χ4n) is 1.76. The quantitative estimate of drug-likeness (QED) is 0.726. The summed E-state index contributed by atoms with van der Waals surface area (Å²) in [5, 5.41) is 4.16. The number of nitrogens with one attached hydrogen (secondary N) is 2. The second-order valence-corrected chi connectivity index (χ2v) is 4.36. The van der Waals surface area contributed by atoms with Gasteiger partial charge in [-0.05, 0) is 18.8 Å². The van der Waals surface area contributed by atoms with Crippen LogP contribution in [-0.4, -0.2) is 44.3 Å². The zero-order chi connectivity index (χ0) is 14.3. The summed E-state index contributed by atoms with van der Waals surface area (Å²) in [4.78, 5) is 21.9. The highest BCUT2D eigenvalue weighted by Gasteiger charge is 2.38. The van der Waals surface area contributed by atoms with Crippen molar-refractivity contribution >= 4 is 11.8 Å². The molecule has 8 heteroatoms. The first-order chi connectivity index (χ1) is 8.89. The van der Waals surface area contributed by atoms with Crippen molar-refractivity contribution in [3.63, 3.8) is 0 Å². The first-order valence-corrected chi connectivity index (χ1v) is 6.09. The SMILES string of the molecule is O=C(CC1CCOCC1)NCCNC(=O)C(F)(F)F. The van der Waals surface area contributed by atoms with Gasteiger partial charge in [0.1, 0.15) is 0 Å². The molecule has 19 heavy (non-hydrogen) atoms. The van der Waals surface area contributed by atoms with Gasteiger partial charge in [0, 0.05) is 32.7 Å². The summed E-state index contributed by atoms with van der Waals surface area (Å²) in [5.74, 6) is -1.95. The van der Waals surface area contributed by atoms with Crippen molar-refractivity contribution in [2.75, 3.05) is 26.3 Å². The Morgan fingerprint density at radius 1 is 1.11 bits per heavy atom.